The van der Waals surface area contributed by atoms with Gasteiger partial charge < -0.3 is 4.90 Å². The van der Waals surface area contributed by atoms with Crippen molar-refractivity contribution in [2.45, 2.75) is 25.4 Å². The second-order valence-corrected chi connectivity index (χ2v) is 7.78. The van der Waals surface area contributed by atoms with Gasteiger partial charge >= 0.3 is 0 Å². The predicted molar refractivity (Wildman–Crippen MR) is 110 cm³/mol. The smallest absolute Gasteiger partial charge is 0.255 e. The molecule has 8 heteroatoms. The van der Waals surface area contributed by atoms with Crippen molar-refractivity contribution in [1.82, 2.24) is 20.0 Å². The first kappa shape index (κ1) is 19.2. The summed E-state index contributed by atoms with van der Waals surface area (Å²) in [5.41, 5.74) is 3.97. The van der Waals surface area contributed by atoms with E-state index >= 15 is 0 Å². The molecule has 3 amide bonds. The van der Waals surface area contributed by atoms with E-state index < -0.39 is 11.9 Å². The number of nitrogens with zero attached hydrogens (tertiary/aromatic N) is 3. The Kier molecular flexibility index (Phi) is 4.43. The SMILES string of the molecule is Cn1ncc(-c2ccc3c(c2)CN(C2CCC(=O)NC2=O)C3=O)c1-c1ccccc1F. The molecule has 31 heavy (non-hydrogen) atoms. The number of hydrogen-bond donors (Lipinski definition) is 1. The molecule has 0 saturated carbocycles. The van der Waals surface area contributed by atoms with Crippen molar-refractivity contribution in [1.29, 1.82) is 0 Å². The van der Waals surface area contributed by atoms with Gasteiger partial charge in [0.15, 0.2) is 0 Å². The summed E-state index contributed by atoms with van der Waals surface area (Å²) in [5.74, 6) is -1.32. The third-order valence-electron chi connectivity index (χ3n) is 5.90. The minimum Gasteiger partial charge on any atom is -0.322 e. The van der Waals surface area contributed by atoms with Crippen LogP contribution in [0.15, 0.2) is 48.7 Å². The van der Waals surface area contributed by atoms with Crippen molar-refractivity contribution in [3.05, 3.63) is 65.6 Å². The summed E-state index contributed by atoms with van der Waals surface area (Å²) in [6.07, 6.45) is 2.21. The zero-order valence-corrected chi connectivity index (χ0v) is 16.8. The van der Waals surface area contributed by atoms with Crippen LogP contribution in [0.1, 0.15) is 28.8 Å². The Bertz CT molecular complexity index is 1250. The molecule has 0 spiro atoms. The highest BCUT2D eigenvalue weighted by molar-refractivity contribution is 6.05. The van der Waals surface area contributed by atoms with E-state index in [4.69, 9.17) is 0 Å². The Morgan fingerprint density at radius 1 is 1.06 bits per heavy atom. The highest BCUT2D eigenvalue weighted by Crippen LogP contribution is 2.36. The number of amides is 3. The molecule has 2 aromatic carbocycles. The van der Waals surface area contributed by atoms with E-state index in [0.29, 0.717) is 23.2 Å². The molecular formula is C23H19FN4O3. The van der Waals surface area contributed by atoms with Gasteiger partial charge in [0.1, 0.15) is 11.9 Å². The number of aromatic nitrogens is 2. The van der Waals surface area contributed by atoms with Gasteiger partial charge in [-0.2, -0.15) is 5.10 Å². The van der Waals surface area contributed by atoms with Crippen LogP contribution < -0.4 is 5.32 Å². The van der Waals surface area contributed by atoms with Crippen molar-refractivity contribution >= 4 is 17.7 Å². The average Bonchev–Trinajstić information content (AvgIpc) is 3.28. The lowest BCUT2D eigenvalue weighted by Gasteiger charge is -2.29. The fourth-order valence-corrected chi connectivity index (χ4v) is 4.36. The zero-order chi connectivity index (χ0) is 21.7. The number of nitrogens with one attached hydrogen (secondary N) is 1. The first-order chi connectivity index (χ1) is 14.9. The Labute approximate surface area is 177 Å². The molecule has 2 aliphatic rings. The van der Waals surface area contributed by atoms with Gasteiger partial charge in [0, 0.05) is 36.7 Å². The molecule has 5 rings (SSSR count). The minimum absolute atomic E-state index is 0.212. The van der Waals surface area contributed by atoms with Crippen LogP contribution in [0.3, 0.4) is 0 Å². The number of carbonyl (C=O) groups excluding carboxylic acids is 3. The van der Waals surface area contributed by atoms with Crippen LogP contribution in [-0.4, -0.2) is 38.4 Å². The molecule has 156 valence electrons. The molecule has 0 aliphatic carbocycles. The van der Waals surface area contributed by atoms with Crippen LogP contribution in [0, 0.1) is 5.82 Å². The number of halogens is 1. The summed E-state index contributed by atoms with van der Waals surface area (Å²) < 4.78 is 16.1. The normalized spacial score (nSPS) is 18.3. The number of piperidine rings is 1. The number of imide groups is 1. The maximum atomic E-state index is 14.5. The molecule has 3 aromatic rings. The fraction of sp³-hybridized carbons (Fsp3) is 0.217. The summed E-state index contributed by atoms with van der Waals surface area (Å²) >= 11 is 0. The zero-order valence-electron chi connectivity index (χ0n) is 16.8. The van der Waals surface area contributed by atoms with E-state index in [1.165, 1.54) is 11.0 Å². The second kappa shape index (κ2) is 7.16. The molecule has 1 unspecified atom stereocenters. The largest absolute Gasteiger partial charge is 0.322 e. The minimum atomic E-state index is -0.659. The molecule has 1 saturated heterocycles. The third-order valence-corrected chi connectivity index (χ3v) is 5.90. The summed E-state index contributed by atoms with van der Waals surface area (Å²) in [6.45, 7) is 0.281. The molecule has 7 nitrogen and oxygen atoms in total. The summed E-state index contributed by atoms with van der Waals surface area (Å²) in [6, 6.07) is 11.3. The highest BCUT2D eigenvalue weighted by Gasteiger charge is 2.39. The van der Waals surface area contributed by atoms with Crippen LogP contribution in [0.25, 0.3) is 22.4 Å². The van der Waals surface area contributed by atoms with Gasteiger partial charge in [0.2, 0.25) is 11.8 Å². The Morgan fingerprint density at radius 3 is 2.65 bits per heavy atom. The lowest BCUT2D eigenvalue weighted by molar-refractivity contribution is -0.136. The topological polar surface area (TPSA) is 84.3 Å². The number of benzene rings is 2. The predicted octanol–water partition coefficient (Wildman–Crippen LogP) is 2.65. The van der Waals surface area contributed by atoms with Crippen molar-refractivity contribution in [3.8, 4) is 22.4 Å². The number of carbonyl (C=O) groups is 3. The van der Waals surface area contributed by atoms with Crippen LogP contribution in [0.2, 0.25) is 0 Å². The van der Waals surface area contributed by atoms with Gasteiger partial charge in [-0.25, -0.2) is 4.39 Å². The van der Waals surface area contributed by atoms with Gasteiger partial charge in [-0.05, 0) is 41.8 Å². The lowest BCUT2D eigenvalue weighted by atomic mass is 9.98. The number of rotatable bonds is 3. The van der Waals surface area contributed by atoms with E-state index in [1.54, 1.807) is 42.2 Å². The van der Waals surface area contributed by atoms with Crippen LogP contribution in [0.5, 0.6) is 0 Å². The highest BCUT2D eigenvalue weighted by atomic mass is 19.1. The molecule has 1 aromatic heterocycles. The summed E-state index contributed by atoms with van der Waals surface area (Å²) in [4.78, 5) is 38.1. The molecule has 1 fully saturated rings. The first-order valence-corrected chi connectivity index (χ1v) is 9.99. The second-order valence-electron chi connectivity index (χ2n) is 7.78. The molecular weight excluding hydrogens is 399 g/mol. The Morgan fingerprint density at radius 2 is 1.87 bits per heavy atom. The van der Waals surface area contributed by atoms with E-state index in [1.807, 2.05) is 12.1 Å². The van der Waals surface area contributed by atoms with Crippen molar-refractivity contribution in [2.75, 3.05) is 0 Å². The average molecular weight is 418 g/mol. The molecule has 0 bridgehead atoms. The van der Waals surface area contributed by atoms with E-state index in [9.17, 15) is 18.8 Å². The van der Waals surface area contributed by atoms with Crippen molar-refractivity contribution in [2.24, 2.45) is 7.05 Å². The van der Waals surface area contributed by atoms with Crippen molar-refractivity contribution < 1.29 is 18.8 Å². The number of aryl methyl sites for hydroxylation is 1. The van der Waals surface area contributed by atoms with Gasteiger partial charge in [0.25, 0.3) is 5.91 Å². The van der Waals surface area contributed by atoms with E-state index in [2.05, 4.69) is 10.4 Å². The third kappa shape index (κ3) is 3.11. The first-order valence-electron chi connectivity index (χ1n) is 9.99. The maximum Gasteiger partial charge on any atom is 0.255 e. The van der Waals surface area contributed by atoms with Crippen LogP contribution in [-0.2, 0) is 23.2 Å². The molecule has 2 aliphatic heterocycles. The van der Waals surface area contributed by atoms with E-state index in [0.717, 1.165) is 16.7 Å². The summed E-state index contributed by atoms with van der Waals surface area (Å²) in [7, 11) is 1.76. The molecule has 0 radical (unpaired) electrons. The Hall–Kier alpha value is -3.81. The van der Waals surface area contributed by atoms with E-state index in [-0.39, 0.29) is 30.6 Å². The standard InChI is InChI=1S/C23H19FN4O3/c1-27-21(16-4-2-3-5-18(16)24)17(11-25-27)13-6-7-15-14(10-13)12-28(23(15)31)19-8-9-20(29)26-22(19)30/h2-7,10-11,19H,8-9,12H2,1H3,(H,26,29,30). The molecule has 3 heterocycles. The van der Waals surface area contributed by atoms with Crippen LogP contribution >= 0.6 is 0 Å². The molecule has 1 atom stereocenters. The lowest BCUT2D eigenvalue weighted by Crippen LogP contribution is -2.52. The quantitative estimate of drug-likeness (QED) is 0.663. The number of hydrogen-bond acceptors (Lipinski definition) is 4. The van der Waals surface area contributed by atoms with Gasteiger partial charge in [0.05, 0.1) is 11.9 Å². The number of fused-ring (bicyclic) bond motifs is 1. The van der Waals surface area contributed by atoms with Crippen molar-refractivity contribution in [3.63, 3.8) is 0 Å². The van der Waals surface area contributed by atoms with Gasteiger partial charge in [-0.3, -0.25) is 24.4 Å². The van der Waals surface area contributed by atoms with Gasteiger partial charge in [-0.1, -0.05) is 18.2 Å². The van der Waals surface area contributed by atoms with Crippen LogP contribution in [0.4, 0.5) is 4.39 Å². The summed E-state index contributed by atoms with van der Waals surface area (Å²) in [5, 5.41) is 6.62. The maximum absolute atomic E-state index is 14.5. The van der Waals surface area contributed by atoms with Gasteiger partial charge in [-0.15, -0.1) is 0 Å². The fourth-order valence-electron chi connectivity index (χ4n) is 4.36. The molecule has 1 N–H and O–H groups in total. The Balaban J connectivity index is 1.51. The monoisotopic (exact) mass is 418 g/mol.